The molecule has 5 heteroatoms. The standard InChI is InChI=1S/C19H30N4O/c1-15-14-16(10-13-22(15)2)20-19(24)21-17-8-4-5-9-18(17)23-11-6-3-7-12-23/h4-5,8-9,15-16H,3,6-7,10-14H2,1-2H3,(H2,20,21,24)/t15-,16+/m0/s1. The summed E-state index contributed by atoms with van der Waals surface area (Å²) in [5.41, 5.74) is 2.06. The third-order valence-corrected chi connectivity index (χ3v) is 5.39. The number of hydrogen-bond acceptors (Lipinski definition) is 3. The Morgan fingerprint density at radius 1 is 1.12 bits per heavy atom. The number of likely N-dealkylation sites (tertiary alicyclic amines) is 1. The molecular weight excluding hydrogens is 300 g/mol. The molecule has 0 aliphatic carbocycles. The first-order valence-corrected chi connectivity index (χ1v) is 9.25. The van der Waals surface area contributed by atoms with Gasteiger partial charge in [0.15, 0.2) is 0 Å². The van der Waals surface area contributed by atoms with Crippen LogP contribution in [0.4, 0.5) is 16.2 Å². The largest absolute Gasteiger partial charge is 0.370 e. The van der Waals surface area contributed by atoms with E-state index in [0.717, 1.165) is 43.9 Å². The van der Waals surface area contributed by atoms with E-state index in [2.05, 4.69) is 40.5 Å². The molecule has 5 nitrogen and oxygen atoms in total. The lowest BCUT2D eigenvalue weighted by atomic mass is 9.99. The molecule has 0 radical (unpaired) electrons. The Balaban J connectivity index is 1.60. The van der Waals surface area contributed by atoms with Crippen molar-refractivity contribution in [1.82, 2.24) is 10.2 Å². The van der Waals surface area contributed by atoms with Crippen molar-refractivity contribution in [3.8, 4) is 0 Å². The topological polar surface area (TPSA) is 47.6 Å². The number of piperidine rings is 2. The number of nitrogens with one attached hydrogen (secondary N) is 2. The van der Waals surface area contributed by atoms with E-state index in [9.17, 15) is 4.79 Å². The number of urea groups is 1. The first-order chi connectivity index (χ1) is 11.6. The zero-order valence-electron chi connectivity index (χ0n) is 14.9. The maximum atomic E-state index is 12.4. The molecule has 1 aromatic carbocycles. The number of carbonyl (C=O) groups excluding carboxylic acids is 1. The molecule has 24 heavy (non-hydrogen) atoms. The Hall–Kier alpha value is -1.75. The van der Waals surface area contributed by atoms with Crippen LogP contribution in [0.3, 0.4) is 0 Å². The van der Waals surface area contributed by atoms with Crippen molar-refractivity contribution in [1.29, 1.82) is 0 Å². The Morgan fingerprint density at radius 3 is 2.62 bits per heavy atom. The van der Waals surface area contributed by atoms with Crippen LogP contribution in [0.15, 0.2) is 24.3 Å². The van der Waals surface area contributed by atoms with Crippen LogP contribution in [0.1, 0.15) is 39.0 Å². The minimum atomic E-state index is -0.0822. The highest BCUT2D eigenvalue weighted by Crippen LogP contribution is 2.28. The number of amides is 2. The van der Waals surface area contributed by atoms with E-state index in [0.29, 0.717) is 6.04 Å². The molecule has 2 fully saturated rings. The van der Waals surface area contributed by atoms with Crippen molar-refractivity contribution in [2.24, 2.45) is 0 Å². The third-order valence-electron chi connectivity index (χ3n) is 5.39. The second kappa shape index (κ2) is 7.88. The van der Waals surface area contributed by atoms with Gasteiger partial charge >= 0.3 is 6.03 Å². The summed E-state index contributed by atoms with van der Waals surface area (Å²) in [6, 6.07) is 8.84. The summed E-state index contributed by atoms with van der Waals surface area (Å²) in [6.07, 6.45) is 5.79. The van der Waals surface area contributed by atoms with Gasteiger partial charge in [-0.2, -0.15) is 0 Å². The summed E-state index contributed by atoms with van der Waals surface area (Å²) in [7, 11) is 2.15. The Kier molecular flexibility index (Phi) is 5.61. The summed E-state index contributed by atoms with van der Waals surface area (Å²) in [5, 5.41) is 6.23. The van der Waals surface area contributed by atoms with Gasteiger partial charge in [-0.05, 0) is 58.2 Å². The average molecular weight is 330 g/mol. The van der Waals surface area contributed by atoms with Gasteiger partial charge in [0.2, 0.25) is 0 Å². The first kappa shape index (κ1) is 17.1. The second-order valence-corrected chi connectivity index (χ2v) is 7.21. The van der Waals surface area contributed by atoms with Crippen molar-refractivity contribution >= 4 is 17.4 Å². The first-order valence-electron chi connectivity index (χ1n) is 9.25. The lowest BCUT2D eigenvalue weighted by Crippen LogP contribution is -2.48. The minimum absolute atomic E-state index is 0.0822. The number of hydrogen-bond donors (Lipinski definition) is 2. The van der Waals surface area contributed by atoms with Crippen molar-refractivity contribution in [2.45, 2.75) is 51.1 Å². The smallest absolute Gasteiger partial charge is 0.319 e. The summed E-state index contributed by atoms with van der Waals surface area (Å²) in [5.74, 6) is 0. The number of carbonyl (C=O) groups is 1. The number of anilines is 2. The predicted octanol–water partition coefficient (Wildman–Crippen LogP) is 3.28. The fourth-order valence-corrected chi connectivity index (χ4v) is 3.75. The summed E-state index contributed by atoms with van der Waals surface area (Å²) < 4.78 is 0. The van der Waals surface area contributed by atoms with Crippen LogP contribution in [0.25, 0.3) is 0 Å². The van der Waals surface area contributed by atoms with Gasteiger partial charge in [-0.15, -0.1) is 0 Å². The molecule has 0 aromatic heterocycles. The second-order valence-electron chi connectivity index (χ2n) is 7.21. The summed E-state index contributed by atoms with van der Waals surface area (Å²) >= 11 is 0. The Morgan fingerprint density at radius 2 is 1.88 bits per heavy atom. The van der Waals surface area contributed by atoms with E-state index < -0.39 is 0 Å². The zero-order valence-corrected chi connectivity index (χ0v) is 14.9. The molecule has 2 amide bonds. The van der Waals surface area contributed by atoms with Gasteiger partial charge in [0.05, 0.1) is 11.4 Å². The van der Waals surface area contributed by atoms with E-state index in [1.165, 1.54) is 19.3 Å². The average Bonchev–Trinajstić information content (AvgIpc) is 2.59. The molecule has 2 aliphatic rings. The molecule has 3 rings (SSSR count). The molecule has 132 valence electrons. The normalized spacial score (nSPS) is 25.3. The van der Waals surface area contributed by atoms with E-state index in [1.807, 2.05) is 18.2 Å². The van der Waals surface area contributed by atoms with Crippen LogP contribution in [-0.2, 0) is 0 Å². The van der Waals surface area contributed by atoms with E-state index in [1.54, 1.807) is 0 Å². The van der Waals surface area contributed by atoms with Gasteiger partial charge in [0.25, 0.3) is 0 Å². The highest BCUT2D eigenvalue weighted by atomic mass is 16.2. The van der Waals surface area contributed by atoms with Crippen LogP contribution in [0.5, 0.6) is 0 Å². The molecule has 1 aromatic rings. The minimum Gasteiger partial charge on any atom is -0.370 e. The molecule has 2 N–H and O–H groups in total. The van der Waals surface area contributed by atoms with Crippen LogP contribution < -0.4 is 15.5 Å². The van der Waals surface area contributed by atoms with Crippen LogP contribution >= 0.6 is 0 Å². The SMILES string of the molecule is C[C@H]1C[C@H](NC(=O)Nc2ccccc2N2CCCCC2)CCN1C. The fraction of sp³-hybridized carbons (Fsp3) is 0.632. The Labute approximate surface area is 145 Å². The monoisotopic (exact) mass is 330 g/mol. The maximum absolute atomic E-state index is 12.4. The van der Waals surface area contributed by atoms with Gasteiger partial charge in [-0.25, -0.2) is 4.79 Å². The quantitative estimate of drug-likeness (QED) is 0.894. The highest BCUT2D eigenvalue weighted by Gasteiger charge is 2.24. The molecule has 2 aliphatic heterocycles. The molecule has 0 spiro atoms. The molecule has 0 saturated carbocycles. The summed E-state index contributed by atoms with van der Waals surface area (Å²) in [4.78, 5) is 17.2. The van der Waals surface area contributed by atoms with Crippen LogP contribution in [0, 0.1) is 0 Å². The number of benzene rings is 1. The lowest BCUT2D eigenvalue weighted by Gasteiger charge is -2.35. The van der Waals surface area contributed by atoms with Gasteiger partial charge in [0.1, 0.15) is 0 Å². The lowest BCUT2D eigenvalue weighted by molar-refractivity contribution is 0.170. The molecule has 0 bridgehead atoms. The zero-order chi connectivity index (χ0) is 16.9. The number of nitrogens with zero attached hydrogens (tertiary/aromatic N) is 2. The number of rotatable bonds is 3. The van der Waals surface area contributed by atoms with Gasteiger partial charge in [-0.1, -0.05) is 12.1 Å². The van der Waals surface area contributed by atoms with Crippen molar-refractivity contribution in [2.75, 3.05) is 36.9 Å². The van der Waals surface area contributed by atoms with Gasteiger partial charge in [-0.3, -0.25) is 0 Å². The Bertz CT molecular complexity index is 556. The molecule has 2 heterocycles. The molecule has 0 unspecified atom stereocenters. The van der Waals surface area contributed by atoms with Gasteiger partial charge in [0, 0.05) is 31.7 Å². The van der Waals surface area contributed by atoms with E-state index >= 15 is 0 Å². The maximum Gasteiger partial charge on any atom is 0.319 e. The molecule has 2 saturated heterocycles. The van der Waals surface area contributed by atoms with Crippen molar-refractivity contribution < 1.29 is 4.79 Å². The number of para-hydroxylation sites is 2. The van der Waals surface area contributed by atoms with E-state index in [4.69, 9.17) is 0 Å². The van der Waals surface area contributed by atoms with Crippen molar-refractivity contribution in [3.05, 3.63) is 24.3 Å². The summed E-state index contributed by atoms with van der Waals surface area (Å²) in [6.45, 7) is 5.41. The van der Waals surface area contributed by atoms with Gasteiger partial charge < -0.3 is 20.4 Å². The van der Waals surface area contributed by atoms with Crippen molar-refractivity contribution in [3.63, 3.8) is 0 Å². The predicted molar refractivity (Wildman–Crippen MR) is 99.8 cm³/mol. The highest BCUT2D eigenvalue weighted by molar-refractivity contribution is 5.93. The van der Waals surface area contributed by atoms with Crippen LogP contribution in [-0.4, -0.2) is 49.7 Å². The van der Waals surface area contributed by atoms with E-state index in [-0.39, 0.29) is 12.1 Å². The third kappa shape index (κ3) is 4.20. The molecular formula is C19H30N4O. The fourth-order valence-electron chi connectivity index (χ4n) is 3.75. The molecule has 2 atom stereocenters. The van der Waals surface area contributed by atoms with Crippen LogP contribution in [0.2, 0.25) is 0 Å².